The third-order valence-electron chi connectivity index (χ3n) is 2.83. The predicted molar refractivity (Wildman–Crippen MR) is 78.2 cm³/mol. The molecule has 4 N–H and O–H groups in total. The molecule has 0 radical (unpaired) electrons. The number of aryl methyl sites for hydroxylation is 1. The third-order valence-corrected chi connectivity index (χ3v) is 2.83. The van der Waals surface area contributed by atoms with Gasteiger partial charge in [-0.2, -0.15) is 4.98 Å². The average molecular weight is 257 g/mol. The van der Waals surface area contributed by atoms with Crippen molar-refractivity contribution < 1.29 is 0 Å². The monoisotopic (exact) mass is 257 g/mol. The third kappa shape index (κ3) is 3.93. The first-order valence-corrected chi connectivity index (χ1v) is 6.47. The normalized spacial score (nSPS) is 10.2. The highest BCUT2D eigenvalue weighted by Crippen LogP contribution is 2.16. The summed E-state index contributed by atoms with van der Waals surface area (Å²) in [5, 5.41) is 3.22. The van der Waals surface area contributed by atoms with Crippen LogP contribution in [0.4, 0.5) is 17.5 Å². The van der Waals surface area contributed by atoms with Crippen LogP contribution in [0, 0.1) is 0 Å². The first kappa shape index (κ1) is 13.3. The molecule has 1 heterocycles. The van der Waals surface area contributed by atoms with Crippen LogP contribution in [0.25, 0.3) is 0 Å². The fraction of sp³-hybridized carbons (Fsp3) is 0.286. The Labute approximate surface area is 113 Å². The lowest BCUT2D eigenvalue weighted by atomic mass is 10.1. The molecule has 19 heavy (non-hydrogen) atoms. The van der Waals surface area contributed by atoms with E-state index < -0.39 is 0 Å². The molecule has 0 saturated carbocycles. The zero-order chi connectivity index (χ0) is 13.5. The predicted octanol–water partition coefficient (Wildman–Crippen LogP) is 2.85. The second kappa shape index (κ2) is 6.70. The number of benzene rings is 1. The van der Waals surface area contributed by atoms with Gasteiger partial charge in [0.15, 0.2) is 0 Å². The number of nitrogens with zero attached hydrogens (tertiary/aromatic N) is 2. The smallest absolute Gasteiger partial charge is 0.239 e. The molecule has 1 aromatic heterocycles. The standard InChI is InChI=1S/C14H19N5/c1-2-3-4-11-5-7-12(8-6-11)17-13-9-10-16-14(18-13)19-15/h5-10H,2-4,15H2,1H3,(H2,16,17,18,19). The number of rotatable bonds is 6. The van der Waals surface area contributed by atoms with Crippen LogP contribution in [0.3, 0.4) is 0 Å². The van der Waals surface area contributed by atoms with Gasteiger partial charge in [0.1, 0.15) is 5.82 Å². The van der Waals surface area contributed by atoms with E-state index in [0.717, 1.165) is 12.1 Å². The molecular weight excluding hydrogens is 238 g/mol. The molecule has 0 fully saturated rings. The first-order chi connectivity index (χ1) is 9.31. The zero-order valence-electron chi connectivity index (χ0n) is 11.1. The molecular formula is C14H19N5. The molecule has 0 bridgehead atoms. The summed E-state index contributed by atoms with van der Waals surface area (Å²) in [5.74, 6) is 6.38. The molecule has 0 amide bonds. The molecule has 1 aromatic carbocycles. The average Bonchev–Trinajstić information content (AvgIpc) is 2.47. The summed E-state index contributed by atoms with van der Waals surface area (Å²) in [4.78, 5) is 8.16. The number of aromatic nitrogens is 2. The van der Waals surface area contributed by atoms with Gasteiger partial charge in [-0.25, -0.2) is 10.8 Å². The molecule has 0 spiro atoms. The Morgan fingerprint density at radius 2 is 1.95 bits per heavy atom. The number of nitrogen functional groups attached to an aromatic ring is 1. The fourth-order valence-corrected chi connectivity index (χ4v) is 1.78. The molecule has 2 rings (SSSR count). The summed E-state index contributed by atoms with van der Waals surface area (Å²) in [6.45, 7) is 2.20. The Kier molecular flexibility index (Phi) is 4.69. The minimum absolute atomic E-state index is 0.393. The van der Waals surface area contributed by atoms with Gasteiger partial charge in [0.05, 0.1) is 0 Å². The minimum atomic E-state index is 0.393. The van der Waals surface area contributed by atoms with Crippen molar-refractivity contribution in [2.45, 2.75) is 26.2 Å². The lowest BCUT2D eigenvalue weighted by molar-refractivity contribution is 0.795. The molecule has 0 aliphatic carbocycles. The first-order valence-electron chi connectivity index (χ1n) is 6.47. The second-order valence-corrected chi connectivity index (χ2v) is 4.34. The summed E-state index contributed by atoms with van der Waals surface area (Å²) in [6.07, 6.45) is 5.23. The largest absolute Gasteiger partial charge is 0.340 e. The molecule has 0 atom stereocenters. The fourth-order valence-electron chi connectivity index (χ4n) is 1.78. The van der Waals surface area contributed by atoms with Crippen LogP contribution in [0.15, 0.2) is 36.5 Å². The van der Waals surface area contributed by atoms with Crippen LogP contribution in [-0.4, -0.2) is 9.97 Å². The van der Waals surface area contributed by atoms with E-state index >= 15 is 0 Å². The molecule has 0 unspecified atom stereocenters. The van der Waals surface area contributed by atoms with E-state index in [2.05, 4.69) is 51.9 Å². The zero-order valence-corrected chi connectivity index (χ0v) is 11.1. The maximum Gasteiger partial charge on any atom is 0.239 e. The number of nitrogens with one attached hydrogen (secondary N) is 2. The van der Waals surface area contributed by atoms with Gasteiger partial charge in [-0.1, -0.05) is 25.5 Å². The number of unbranched alkanes of at least 4 members (excludes halogenated alkanes) is 1. The van der Waals surface area contributed by atoms with Crippen molar-refractivity contribution in [3.8, 4) is 0 Å². The van der Waals surface area contributed by atoms with E-state index in [1.807, 2.05) is 0 Å². The van der Waals surface area contributed by atoms with E-state index in [1.165, 1.54) is 18.4 Å². The van der Waals surface area contributed by atoms with E-state index in [9.17, 15) is 0 Å². The van der Waals surface area contributed by atoms with Crippen LogP contribution < -0.4 is 16.6 Å². The summed E-state index contributed by atoms with van der Waals surface area (Å²) in [7, 11) is 0. The van der Waals surface area contributed by atoms with E-state index in [1.54, 1.807) is 12.3 Å². The number of anilines is 3. The minimum Gasteiger partial charge on any atom is -0.340 e. The SMILES string of the molecule is CCCCc1ccc(Nc2ccnc(NN)n2)cc1. The van der Waals surface area contributed by atoms with Crippen molar-refractivity contribution in [2.24, 2.45) is 5.84 Å². The Bertz CT molecular complexity index is 509. The van der Waals surface area contributed by atoms with Gasteiger partial charge in [0, 0.05) is 11.9 Å². The maximum atomic E-state index is 5.28. The van der Waals surface area contributed by atoms with Crippen molar-refractivity contribution in [3.63, 3.8) is 0 Å². The quantitative estimate of drug-likeness (QED) is 0.548. The van der Waals surface area contributed by atoms with Crippen molar-refractivity contribution in [2.75, 3.05) is 10.7 Å². The molecule has 0 aliphatic rings. The van der Waals surface area contributed by atoms with E-state index in [-0.39, 0.29) is 0 Å². The van der Waals surface area contributed by atoms with Gasteiger partial charge in [-0.15, -0.1) is 0 Å². The summed E-state index contributed by atoms with van der Waals surface area (Å²) in [5.41, 5.74) is 4.79. The number of hydrogen-bond donors (Lipinski definition) is 3. The van der Waals surface area contributed by atoms with E-state index in [0.29, 0.717) is 11.8 Å². The summed E-state index contributed by atoms with van der Waals surface area (Å²) in [6, 6.07) is 10.2. The molecule has 2 aromatic rings. The summed E-state index contributed by atoms with van der Waals surface area (Å²) < 4.78 is 0. The van der Waals surface area contributed by atoms with Crippen molar-refractivity contribution in [3.05, 3.63) is 42.1 Å². The van der Waals surface area contributed by atoms with Crippen molar-refractivity contribution in [1.82, 2.24) is 9.97 Å². The molecule has 5 nitrogen and oxygen atoms in total. The summed E-state index contributed by atoms with van der Waals surface area (Å²) >= 11 is 0. The number of hydrazine groups is 1. The van der Waals surface area contributed by atoms with E-state index in [4.69, 9.17) is 5.84 Å². The van der Waals surface area contributed by atoms with Crippen LogP contribution in [-0.2, 0) is 6.42 Å². The Morgan fingerprint density at radius 3 is 2.63 bits per heavy atom. The van der Waals surface area contributed by atoms with Gasteiger partial charge < -0.3 is 5.32 Å². The molecule has 100 valence electrons. The number of nitrogens with two attached hydrogens (primary N) is 1. The highest BCUT2D eigenvalue weighted by molar-refractivity contribution is 5.57. The van der Waals surface area contributed by atoms with Gasteiger partial charge >= 0.3 is 0 Å². The topological polar surface area (TPSA) is 75.9 Å². The van der Waals surface area contributed by atoms with Gasteiger partial charge in [0.2, 0.25) is 5.95 Å². The maximum absolute atomic E-state index is 5.28. The molecule has 0 saturated heterocycles. The van der Waals surface area contributed by atoms with Crippen LogP contribution in [0.2, 0.25) is 0 Å². The lowest BCUT2D eigenvalue weighted by Crippen LogP contribution is -2.10. The van der Waals surface area contributed by atoms with Crippen LogP contribution in [0.1, 0.15) is 25.3 Å². The molecule has 5 heteroatoms. The van der Waals surface area contributed by atoms with Gasteiger partial charge in [-0.05, 0) is 36.6 Å². The Balaban J connectivity index is 2.02. The van der Waals surface area contributed by atoms with Gasteiger partial charge in [-0.3, -0.25) is 5.43 Å². The van der Waals surface area contributed by atoms with Crippen molar-refractivity contribution in [1.29, 1.82) is 0 Å². The number of hydrogen-bond acceptors (Lipinski definition) is 5. The highest BCUT2D eigenvalue weighted by Gasteiger charge is 1.99. The van der Waals surface area contributed by atoms with Crippen molar-refractivity contribution >= 4 is 17.5 Å². The second-order valence-electron chi connectivity index (χ2n) is 4.34. The highest BCUT2D eigenvalue weighted by atomic mass is 15.3. The van der Waals surface area contributed by atoms with Crippen LogP contribution >= 0.6 is 0 Å². The Morgan fingerprint density at radius 1 is 1.16 bits per heavy atom. The molecule has 0 aliphatic heterocycles. The van der Waals surface area contributed by atoms with Gasteiger partial charge in [0.25, 0.3) is 0 Å². The van der Waals surface area contributed by atoms with Crippen LogP contribution in [0.5, 0.6) is 0 Å². The lowest BCUT2D eigenvalue weighted by Gasteiger charge is -2.07. The Hall–Kier alpha value is -2.14.